The topological polar surface area (TPSA) is 29.5 Å². The van der Waals surface area contributed by atoms with Gasteiger partial charge in [-0.2, -0.15) is 0 Å². The molecule has 1 aliphatic carbocycles. The van der Waals surface area contributed by atoms with Gasteiger partial charge in [-0.15, -0.1) is 0 Å². The third kappa shape index (κ3) is 2.33. The van der Waals surface area contributed by atoms with Crippen LogP contribution >= 0.6 is 27.5 Å². The highest BCUT2D eigenvalue weighted by Crippen LogP contribution is 2.58. The molecule has 1 saturated carbocycles. The number of anilines is 1. The molecule has 2 aliphatic rings. The smallest absolute Gasteiger partial charge is 0.414 e. The zero-order chi connectivity index (χ0) is 14.7. The fourth-order valence-electron chi connectivity index (χ4n) is 2.76. The van der Waals surface area contributed by atoms with Gasteiger partial charge in [-0.1, -0.05) is 11.6 Å². The average molecular weight is 359 g/mol. The van der Waals surface area contributed by atoms with Crippen molar-refractivity contribution in [2.24, 2.45) is 0 Å². The van der Waals surface area contributed by atoms with Crippen molar-refractivity contribution in [2.45, 2.75) is 44.6 Å². The molecule has 0 aromatic heterocycles. The van der Waals surface area contributed by atoms with Gasteiger partial charge in [0.2, 0.25) is 0 Å². The van der Waals surface area contributed by atoms with Crippen LogP contribution in [0.1, 0.15) is 39.2 Å². The van der Waals surface area contributed by atoms with Crippen molar-refractivity contribution in [3.63, 3.8) is 0 Å². The number of nitrogens with zero attached hydrogens (tertiary/aromatic N) is 1. The first kappa shape index (κ1) is 14.2. The highest BCUT2D eigenvalue weighted by molar-refractivity contribution is 9.10. The first-order valence-electron chi connectivity index (χ1n) is 6.72. The van der Waals surface area contributed by atoms with Gasteiger partial charge in [0.05, 0.1) is 5.69 Å². The standard InChI is InChI=1S/C15H17BrClNO2/c1-14(2,3)20-13(19)18-8-15(4-5-15)10-6-9(17)7-11(16)12(10)18/h6-7H,4-5,8H2,1-3H3. The summed E-state index contributed by atoms with van der Waals surface area (Å²) in [4.78, 5) is 14.2. The van der Waals surface area contributed by atoms with Crippen LogP contribution in [0.15, 0.2) is 16.6 Å². The molecular formula is C15H17BrClNO2. The van der Waals surface area contributed by atoms with Gasteiger partial charge in [-0.25, -0.2) is 4.79 Å². The fraction of sp³-hybridized carbons (Fsp3) is 0.533. The van der Waals surface area contributed by atoms with Crippen LogP contribution in [0, 0.1) is 0 Å². The number of carbonyl (C=O) groups is 1. The molecule has 0 N–H and O–H groups in total. The monoisotopic (exact) mass is 357 g/mol. The number of hydrogen-bond donors (Lipinski definition) is 0. The van der Waals surface area contributed by atoms with Crippen molar-refractivity contribution < 1.29 is 9.53 Å². The minimum absolute atomic E-state index is 0.0969. The summed E-state index contributed by atoms with van der Waals surface area (Å²) < 4.78 is 6.37. The Hall–Kier alpha value is -0.740. The Bertz CT molecular complexity index is 590. The summed E-state index contributed by atoms with van der Waals surface area (Å²) in [5.41, 5.74) is 1.69. The molecule has 1 heterocycles. The van der Waals surface area contributed by atoms with Crippen LogP contribution in [-0.4, -0.2) is 18.2 Å². The van der Waals surface area contributed by atoms with E-state index in [2.05, 4.69) is 15.9 Å². The second kappa shape index (κ2) is 4.38. The number of benzene rings is 1. The Balaban J connectivity index is 2.00. The van der Waals surface area contributed by atoms with Crippen LogP contribution in [0.4, 0.5) is 10.5 Å². The molecule has 1 aliphatic heterocycles. The van der Waals surface area contributed by atoms with E-state index in [0.717, 1.165) is 23.0 Å². The zero-order valence-electron chi connectivity index (χ0n) is 11.8. The van der Waals surface area contributed by atoms with E-state index in [1.807, 2.05) is 32.9 Å². The molecule has 0 atom stereocenters. The lowest BCUT2D eigenvalue weighted by molar-refractivity contribution is 0.0581. The van der Waals surface area contributed by atoms with Crippen molar-refractivity contribution in [3.8, 4) is 0 Å². The van der Waals surface area contributed by atoms with Gasteiger partial charge >= 0.3 is 6.09 Å². The van der Waals surface area contributed by atoms with E-state index in [4.69, 9.17) is 16.3 Å². The van der Waals surface area contributed by atoms with Crippen LogP contribution in [0.5, 0.6) is 0 Å². The summed E-state index contributed by atoms with van der Waals surface area (Å²) >= 11 is 9.68. The maximum absolute atomic E-state index is 12.4. The van der Waals surface area contributed by atoms with E-state index in [1.54, 1.807) is 4.90 Å². The minimum atomic E-state index is -0.491. The average Bonchev–Trinajstić information content (AvgIpc) is 2.96. The predicted molar refractivity (Wildman–Crippen MR) is 83.6 cm³/mol. The highest BCUT2D eigenvalue weighted by atomic mass is 79.9. The molecule has 1 amide bonds. The van der Waals surface area contributed by atoms with Crippen molar-refractivity contribution in [1.29, 1.82) is 0 Å². The molecule has 5 heteroatoms. The van der Waals surface area contributed by atoms with Crippen LogP contribution < -0.4 is 4.90 Å². The lowest BCUT2D eigenvalue weighted by Gasteiger charge is -2.25. The summed E-state index contributed by atoms with van der Waals surface area (Å²) in [6.45, 7) is 6.33. The fourth-order valence-corrected chi connectivity index (χ4v) is 3.79. The van der Waals surface area contributed by atoms with E-state index < -0.39 is 5.60 Å². The van der Waals surface area contributed by atoms with E-state index in [9.17, 15) is 4.79 Å². The Labute approximate surface area is 132 Å². The number of halogens is 2. The summed E-state index contributed by atoms with van der Waals surface area (Å²) in [6, 6.07) is 3.82. The second-order valence-electron chi connectivity index (χ2n) is 6.63. The third-order valence-corrected chi connectivity index (χ3v) is 4.62. The molecule has 20 heavy (non-hydrogen) atoms. The number of ether oxygens (including phenoxy) is 1. The number of carbonyl (C=O) groups excluding carboxylic acids is 1. The zero-order valence-corrected chi connectivity index (χ0v) is 14.1. The molecule has 1 spiro atoms. The van der Waals surface area contributed by atoms with E-state index >= 15 is 0 Å². The van der Waals surface area contributed by atoms with Gasteiger partial charge < -0.3 is 4.74 Å². The summed E-state index contributed by atoms with van der Waals surface area (Å²) in [6.07, 6.45) is 1.92. The van der Waals surface area contributed by atoms with Gasteiger partial charge in [0.15, 0.2) is 0 Å². The largest absolute Gasteiger partial charge is 0.443 e. The molecule has 0 radical (unpaired) electrons. The molecule has 0 saturated heterocycles. The highest BCUT2D eigenvalue weighted by Gasteiger charge is 2.54. The second-order valence-corrected chi connectivity index (χ2v) is 7.92. The van der Waals surface area contributed by atoms with Gasteiger partial charge in [-0.3, -0.25) is 4.90 Å². The summed E-state index contributed by atoms with van der Waals surface area (Å²) in [7, 11) is 0. The lowest BCUT2D eigenvalue weighted by atomic mass is 9.99. The normalized spacial score (nSPS) is 19.1. The van der Waals surface area contributed by atoms with Crippen molar-refractivity contribution in [1.82, 2.24) is 0 Å². The summed E-state index contributed by atoms with van der Waals surface area (Å²) in [5, 5.41) is 0.702. The first-order valence-corrected chi connectivity index (χ1v) is 7.89. The number of fused-ring (bicyclic) bond motifs is 2. The third-order valence-electron chi connectivity index (χ3n) is 3.80. The number of rotatable bonds is 0. The Morgan fingerprint density at radius 3 is 2.60 bits per heavy atom. The lowest BCUT2D eigenvalue weighted by Crippen LogP contribution is -2.37. The first-order chi connectivity index (χ1) is 9.22. The van der Waals surface area contributed by atoms with E-state index in [0.29, 0.717) is 11.6 Å². The summed E-state index contributed by atoms with van der Waals surface area (Å²) in [5.74, 6) is 0. The predicted octanol–water partition coefficient (Wildman–Crippen LogP) is 4.89. The van der Waals surface area contributed by atoms with Crippen LogP contribution in [0.2, 0.25) is 5.02 Å². The van der Waals surface area contributed by atoms with Gasteiger partial charge in [0.1, 0.15) is 5.60 Å². The van der Waals surface area contributed by atoms with Crippen molar-refractivity contribution in [3.05, 3.63) is 27.2 Å². The molecular weight excluding hydrogens is 342 g/mol. The van der Waals surface area contributed by atoms with Crippen molar-refractivity contribution >= 4 is 39.3 Å². The van der Waals surface area contributed by atoms with E-state index in [1.165, 1.54) is 5.56 Å². The molecule has 0 bridgehead atoms. The Kier molecular flexibility index (Phi) is 3.11. The Morgan fingerprint density at radius 1 is 1.40 bits per heavy atom. The number of hydrogen-bond acceptors (Lipinski definition) is 2. The SMILES string of the molecule is CC(C)(C)OC(=O)N1CC2(CC2)c2cc(Cl)cc(Br)c21. The van der Waals surface area contributed by atoms with Gasteiger partial charge in [0, 0.05) is 21.5 Å². The van der Waals surface area contributed by atoms with E-state index in [-0.39, 0.29) is 11.5 Å². The minimum Gasteiger partial charge on any atom is -0.443 e. The Morgan fingerprint density at radius 2 is 2.05 bits per heavy atom. The van der Waals surface area contributed by atoms with Crippen LogP contribution in [-0.2, 0) is 10.2 Å². The van der Waals surface area contributed by atoms with Gasteiger partial charge in [-0.05, 0) is 67.2 Å². The molecule has 3 rings (SSSR count). The quantitative estimate of drug-likeness (QED) is 0.661. The molecule has 108 valence electrons. The molecule has 1 aromatic carbocycles. The maximum atomic E-state index is 12.4. The molecule has 3 nitrogen and oxygen atoms in total. The molecule has 0 unspecified atom stereocenters. The van der Waals surface area contributed by atoms with Crippen LogP contribution in [0.25, 0.3) is 0 Å². The molecule has 1 fully saturated rings. The number of amides is 1. The maximum Gasteiger partial charge on any atom is 0.414 e. The van der Waals surface area contributed by atoms with Crippen LogP contribution in [0.3, 0.4) is 0 Å². The van der Waals surface area contributed by atoms with Gasteiger partial charge in [0.25, 0.3) is 0 Å². The molecule has 1 aromatic rings. The van der Waals surface area contributed by atoms with Crippen molar-refractivity contribution in [2.75, 3.05) is 11.4 Å².